The van der Waals surface area contributed by atoms with Gasteiger partial charge in [0.05, 0.1) is 12.0 Å². The summed E-state index contributed by atoms with van der Waals surface area (Å²) in [6, 6.07) is 11.3. The number of esters is 1. The molecule has 0 fully saturated rings. The number of carbonyl (C=O) groups is 2. The normalized spacial score (nSPS) is 10.4. The Morgan fingerprint density at radius 1 is 1.19 bits per heavy atom. The average molecular weight is 370 g/mol. The first-order valence-corrected chi connectivity index (χ1v) is 7.93. The standard InChI is InChI=1S/C19H18N2O6/c1-13-3-7-15(11-17(13)21(24)25)20-18(22)12-27-19(23)10-6-14-4-8-16(26-2)9-5-14/h3-11H,12H2,1-2H3,(H,20,22)/b10-6+. The van der Waals surface area contributed by atoms with Crippen LogP contribution in [0, 0.1) is 17.0 Å². The molecule has 2 aromatic rings. The first-order valence-electron chi connectivity index (χ1n) is 7.93. The molecule has 0 aromatic heterocycles. The highest BCUT2D eigenvalue weighted by atomic mass is 16.6. The number of nitro groups is 1. The summed E-state index contributed by atoms with van der Waals surface area (Å²) in [4.78, 5) is 33.9. The lowest BCUT2D eigenvalue weighted by Crippen LogP contribution is -2.20. The molecule has 0 bridgehead atoms. The lowest BCUT2D eigenvalue weighted by atomic mass is 10.2. The molecular weight excluding hydrogens is 352 g/mol. The Morgan fingerprint density at radius 2 is 1.89 bits per heavy atom. The summed E-state index contributed by atoms with van der Waals surface area (Å²) in [5.41, 5.74) is 1.40. The monoisotopic (exact) mass is 370 g/mol. The maximum Gasteiger partial charge on any atom is 0.331 e. The van der Waals surface area contributed by atoms with E-state index in [4.69, 9.17) is 9.47 Å². The van der Waals surface area contributed by atoms with Crippen LogP contribution < -0.4 is 10.1 Å². The minimum absolute atomic E-state index is 0.104. The van der Waals surface area contributed by atoms with E-state index >= 15 is 0 Å². The van der Waals surface area contributed by atoms with E-state index in [0.717, 1.165) is 5.56 Å². The van der Waals surface area contributed by atoms with Gasteiger partial charge in [0.1, 0.15) is 5.75 Å². The molecule has 0 aliphatic heterocycles. The third-order valence-electron chi connectivity index (χ3n) is 3.56. The Labute approximate surface area is 155 Å². The molecule has 8 heteroatoms. The van der Waals surface area contributed by atoms with E-state index < -0.39 is 23.4 Å². The van der Waals surface area contributed by atoms with Gasteiger partial charge in [-0.05, 0) is 36.8 Å². The third kappa shape index (κ3) is 5.96. The highest BCUT2D eigenvalue weighted by Gasteiger charge is 2.13. The Morgan fingerprint density at radius 3 is 2.52 bits per heavy atom. The number of hydrogen-bond donors (Lipinski definition) is 1. The second-order valence-corrected chi connectivity index (χ2v) is 5.52. The maximum atomic E-state index is 11.8. The van der Waals surface area contributed by atoms with Crippen molar-refractivity contribution < 1.29 is 24.0 Å². The van der Waals surface area contributed by atoms with E-state index in [2.05, 4.69) is 5.32 Å². The zero-order valence-corrected chi connectivity index (χ0v) is 14.8. The zero-order valence-electron chi connectivity index (χ0n) is 14.8. The lowest BCUT2D eigenvalue weighted by Gasteiger charge is -2.06. The fourth-order valence-corrected chi connectivity index (χ4v) is 2.14. The number of benzene rings is 2. The number of carbonyl (C=O) groups excluding carboxylic acids is 2. The van der Waals surface area contributed by atoms with Crippen LogP contribution in [0.1, 0.15) is 11.1 Å². The van der Waals surface area contributed by atoms with Gasteiger partial charge in [0.25, 0.3) is 11.6 Å². The van der Waals surface area contributed by atoms with Crippen molar-refractivity contribution in [2.75, 3.05) is 19.0 Å². The molecule has 0 aliphatic rings. The van der Waals surface area contributed by atoms with Crippen molar-refractivity contribution in [1.29, 1.82) is 0 Å². The van der Waals surface area contributed by atoms with Crippen molar-refractivity contribution in [2.24, 2.45) is 0 Å². The summed E-state index contributed by atoms with van der Waals surface area (Å²) < 4.78 is 9.89. The SMILES string of the molecule is COc1ccc(/C=C/C(=O)OCC(=O)Nc2ccc(C)c([N+](=O)[O-])c2)cc1. The number of anilines is 1. The maximum absolute atomic E-state index is 11.8. The van der Waals surface area contributed by atoms with Crippen molar-refractivity contribution >= 4 is 29.3 Å². The molecule has 0 spiro atoms. The number of ether oxygens (including phenoxy) is 2. The van der Waals surface area contributed by atoms with Crippen molar-refractivity contribution in [3.8, 4) is 5.75 Å². The average Bonchev–Trinajstić information content (AvgIpc) is 2.66. The van der Waals surface area contributed by atoms with Crippen LogP contribution >= 0.6 is 0 Å². The summed E-state index contributed by atoms with van der Waals surface area (Å²) in [7, 11) is 1.56. The molecule has 1 N–H and O–H groups in total. The predicted molar refractivity (Wildman–Crippen MR) is 99.5 cm³/mol. The Bertz CT molecular complexity index is 874. The van der Waals surface area contributed by atoms with E-state index in [1.54, 1.807) is 44.4 Å². The highest BCUT2D eigenvalue weighted by molar-refractivity contribution is 5.94. The van der Waals surface area contributed by atoms with Gasteiger partial charge >= 0.3 is 5.97 Å². The van der Waals surface area contributed by atoms with E-state index in [1.807, 2.05) is 0 Å². The van der Waals surface area contributed by atoms with Crippen LogP contribution in [0.3, 0.4) is 0 Å². The minimum Gasteiger partial charge on any atom is -0.497 e. The van der Waals surface area contributed by atoms with Crippen LogP contribution in [0.25, 0.3) is 6.08 Å². The van der Waals surface area contributed by atoms with E-state index in [1.165, 1.54) is 24.3 Å². The number of rotatable bonds is 7. The number of aryl methyl sites for hydroxylation is 1. The number of nitro benzene ring substituents is 1. The Hall–Kier alpha value is -3.68. The molecule has 0 heterocycles. The molecule has 0 saturated heterocycles. The molecule has 0 aliphatic carbocycles. The van der Waals surface area contributed by atoms with Crippen LogP contribution in [-0.4, -0.2) is 30.5 Å². The third-order valence-corrected chi connectivity index (χ3v) is 3.56. The molecule has 27 heavy (non-hydrogen) atoms. The summed E-state index contributed by atoms with van der Waals surface area (Å²) in [5.74, 6) is -0.585. The first-order chi connectivity index (χ1) is 12.9. The van der Waals surface area contributed by atoms with Gasteiger partial charge in [-0.1, -0.05) is 18.2 Å². The molecule has 0 unspecified atom stereocenters. The summed E-state index contributed by atoms with van der Waals surface area (Å²) in [6.45, 7) is 1.09. The Kier molecular flexibility index (Phi) is 6.65. The number of amides is 1. The lowest BCUT2D eigenvalue weighted by molar-refractivity contribution is -0.385. The topological polar surface area (TPSA) is 108 Å². The molecule has 2 aromatic carbocycles. The van der Waals surface area contributed by atoms with Crippen molar-refractivity contribution in [2.45, 2.75) is 6.92 Å². The van der Waals surface area contributed by atoms with Gasteiger partial charge in [0.2, 0.25) is 0 Å². The first kappa shape index (κ1) is 19.6. The second kappa shape index (κ2) is 9.14. The van der Waals surface area contributed by atoms with Crippen LogP contribution in [0.4, 0.5) is 11.4 Å². The van der Waals surface area contributed by atoms with Gasteiger partial charge in [0, 0.05) is 23.4 Å². The summed E-state index contributed by atoms with van der Waals surface area (Å²) in [6.07, 6.45) is 2.74. The minimum atomic E-state index is -0.684. The predicted octanol–water partition coefficient (Wildman–Crippen LogP) is 3.11. The molecule has 8 nitrogen and oxygen atoms in total. The number of methoxy groups -OCH3 is 1. The number of nitrogens with one attached hydrogen (secondary N) is 1. The molecule has 2 rings (SSSR count). The van der Waals surface area contributed by atoms with Crippen LogP contribution in [0.5, 0.6) is 5.75 Å². The molecule has 1 amide bonds. The quantitative estimate of drug-likeness (QED) is 0.347. The molecule has 0 saturated carbocycles. The fourth-order valence-electron chi connectivity index (χ4n) is 2.14. The molecule has 140 valence electrons. The van der Waals surface area contributed by atoms with Gasteiger partial charge in [-0.25, -0.2) is 4.79 Å². The van der Waals surface area contributed by atoms with E-state index in [0.29, 0.717) is 11.3 Å². The van der Waals surface area contributed by atoms with Gasteiger partial charge in [-0.2, -0.15) is 0 Å². The number of hydrogen-bond acceptors (Lipinski definition) is 6. The highest BCUT2D eigenvalue weighted by Crippen LogP contribution is 2.22. The Balaban J connectivity index is 1.85. The smallest absolute Gasteiger partial charge is 0.331 e. The van der Waals surface area contributed by atoms with Crippen molar-refractivity contribution in [3.05, 3.63) is 69.8 Å². The van der Waals surface area contributed by atoms with Crippen molar-refractivity contribution in [3.63, 3.8) is 0 Å². The van der Waals surface area contributed by atoms with E-state index in [9.17, 15) is 19.7 Å². The van der Waals surface area contributed by atoms with Crippen molar-refractivity contribution in [1.82, 2.24) is 0 Å². The summed E-state index contributed by atoms with van der Waals surface area (Å²) in [5, 5.41) is 13.4. The largest absolute Gasteiger partial charge is 0.497 e. The zero-order chi connectivity index (χ0) is 19.8. The fraction of sp³-hybridized carbons (Fsp3) is 0.158. The second-order valence-electron chi connectivity index (χ2n) is 5.52. The van der Waals surface area contributed by atoms with Gasteiger partial charge in [-0.3, -0.25) is 14.9 Å². The van der Waals surface area contributed by atoms with Crippen LogP contribution in [0.2, 0.25) is 0 Å². The van der Waals surface area contributed by atoms with Gasteiger partial charge in [0.15, 0.2) is 6.61 Å². The summed E-state index contributed by atoms with van der Waals surface area (Å²) >= 11 is 0. The molecule has 0 atom stereocenters. The van der Waals surface area contributed by atoms with Crippen LogP contribution in [-0.2, 0) is 14.3 Å². The molecule has 0 radical (unpaired) electrons. The van der Waals surface area contributed by atoms with E-state index in [-0.39, 0.29) is 11.4 Å². The van der Waals surface area contributed by atoms with Gasteiger partial charge in [-0.15, -0.1) is 0 Å². The van der Waals surface area contributed by atoms with Gasteiger partial charge < -0.3 is 14.8 Å². The molecular formula is C19H18N2O6. The van der Waals surface area contributed by atoms with Crippen LogP contribution in [0.15, 0.2) is 48.5 Å². The number of nitrogens with zero attached hydrogens (tertiary/aromatic N) is 1.